The first-order chi connectivity index (χ1) is 8.25. The molecular formula is C16H19N. The molecule has 0 aliphatic rings. The van der Waals surface area contributed by atoms with Crippen molar-refractivity contribution in [2.75, 3.05) is 0 Å². The van der Waals surface area contributed by atoms with E-state index in [9.17, 15) is 0 Å². The molecule has 2 aromatic rings. The van der Waals surface area contributed by atoms with E-state index in [1.807, 2.05) is 6.20 Å². The summed E-state index contributed by atoms with van der Waals surface area (Å²) in [6.07, 6.45) is 4.15. The van der Waals surface area contributed by atoms with Gasteiger partial charge in [0.15, 0.2) is 0 Å². The van der Waals surface area contributed by atoms with Crippen LogP contribution < -0.4 is 0 Å². The average molecular weight is 225 g/mol. The number of nitrogens with zero attached hydrogens (tertiary/aromatic N) is 1. The van der Waals surface area contributed by atoms with Gasteiger partial charge in [0.1, 0.15) is 0 Å². The van der Waals surface area contributed by atoms with Gasteiger partial charge < -0.3 is 0 Å². The summed E-state index contributed by atoms with van der Waals surface area (Å²) < 4.78 is 0. The van der Waals surface area contributed by atoms with Gasteiger partial charge in [0.25, 0.3) is 0 Å². The van der Waals surface area contributed by atoms with Crippen LogP contribution in [0.4, 0.5) is 0 Å². The Kier molecular flexibility index (Phi) is 3.92. The Morgan fingerprint density at radius 2 is 1.82 bits per heavy atom. The van der Waals surface area contributed by atoms with Gasteiger partial charge in [0.2, 0.25) is 0 Å². The predicted molar refractivity (Wildman–Crippen MR) is 72.2 cm³/mol. The van der Waals surface area contributed by atoms with Crippen molar-refractivity contribution in [3.05, 3.63) is 65.5 Å². The van der Waals surface area contributed by atoms with E-state index in [4.69, 9.17) is 0 Å². The summed E-state index contributed by atoms with van der Waals surface area (Å²) in [5.41, 5.74) is 3.84. The number of aromatic nitrogens is 1. The third-order valence-electron chi connectivity index (χ3n) is 3.17. The van der Waals surface area contributed by atoms with Crippen LogP contribution in [-0.2, 0) is 6.42 Å². The molecule has 0 amide bonds. The van der Waals surface area contributed by atoms with Gasteiger partial charge in [0.05, 0.1) is 0 Å². The van der Waals surface area contributed by atoms with Gasteiger partial charge in [0, 0.05) is 11.9 Å². The van der Waals surface area contributed by atoms with E-state index < -0.39 is 0 Å². The molecule has 0 fully saturated rings. The van der Waals surface area contributed by atoms with Crippen LogP contribution in [0, 0.1) is 6.92 Å². The highest BCUT2D eigenvalue weighted by Gasteiger charge is 2.05. The number of hydrogen-bond donors (Lipinski definition) is 0. The van der Waals surface area contributed by atoms with Crippen molar-refractivity contribution in [1.29, 1.82) is 0 Å². The number of aryl methyl sites for hydroxylation is 2. The van der Waals surface area contributed by atoms with Crippen molar-refractivity contribution in [3.63, 3.8) is 0 Å². The fraction of sp³-hybridized carbons (Fsp3) is 0.312. The first kappa shape index (κ1) is 11.8. The summed E-state index contributed by atoms with van der Waals surface area (Å²) in [5, 5.41) is 0. The van der Waals surface area contributed by atoms with Crippen LogP contribution in [-0.4, -0.2) is 4.98 Å². The van der Waals surface area contributed by atoms with Gasteiger partial charge in [-0.3, -0.25) is 4.98 Å². The zero-order valence-electron chi connectivity index (χ0n) is 10.6. The maximum atomic E-state index is 4.44. The van der Waals surface area contributed by atoms with E-state index in [1.165, 1.54) is 16.8 Å². The van der Waals surface area contributed by atoms with Crippen LogP contribution in [0.3, 0.4) is 0 Å². The average Bonchev–Trinajstić information content (AvgIpc) is 2.39. The van der Waals surface area contributed by atoms with Gasteiger partial charge in [-0.1, -0.05) is 43.3 Å². The molecule has 0 bridgehead atoms. The summed E-state index contributed by atoms with van der Waals surface area (Å²) in [6, 6.07) is 15.0. The first-order valence-electron chi connectivity index (χ1n) is 6.22. The molecule has 0 aliphatic heterocycles. The normalized spacial score (nSPS) is 12.4. The molecular weight excluding hydrogens is 206 g/mol. The first-order valence-corrected chi connectivity index (χ1v) is 6.22. The van der Waals surface area contributed by atoms with Crippen molar-refractivity contribution < 1.29 is 0 Å². The maximum absolute atomic E-state index is 4.44. The molecule has 1 heteroatoms. The highest BCUT2D eigenvalue weighted by Crippen LogP contribution is 2.20. The quantitative estimate of drug-likeness (QED) is 0.762. The molecule has 1 aromatic heterocycles. The topological polar surface area (TPSA) is 12.9 Å². The number of benzene rings is 1. The van der Waals surface area contributed by atoms with Gasteiger partial charge in [-0.2, -0.15) is 0 Å². The van der Waals surface area contributed by atoms with E-state index in [0.717, 1.165) is 12.8 Å². The molecule has 0 N–H and O–H groups in total. The van der Waals surface area contributed by atoms with Crippen LogP contribution in [0.5, 0.6) is 0 Å². The zero-order valence-corrected chi connectivity index (χ0v) is 10.6. The van der Waals surface area contributed by atoms with Crippen LogP contribution in [0.25, 0.3) is 0 Å². The number of hydrogen-bond acceptors (Lipinski definition) is 1. The Labute approximate surface area is 104 Å². The Hall–Kier alpha value is -1.63. The van der Waals surface area contributed by atoms with E-state index in [2.05, 4.69) is 61.3 Å². The lowest BCUT2D eigenvalue weighted by Crippen LogP contribution is -1.97. The Morgan fingerprint density at radius 3 is 2.47 bits per heavy atom. The fourth-order valence-corrected chi connectivity index (χ4v) is 1.96. The zero-order chi connectivity index (χ0) is 12.1. The molecule has 2 rings (SSSR count). The van der Waals surface area contributed by atoms with Crippen molar-refractivity contribution in [2.45, 2.75) is 32.6 Å². The monoisotopic (exact) mass is 225 g/mol. The van der Waals surface area contributed by atoms with Crippen molar-refractivity contribution >= 4 is 0 Å². The third kappa shape index (κ3) is 3.42. The third-order valence-corrected chi connectivity index (χ3v) is 3.17. The van der Waals surface area contributed by atoms with E-state index in [0.29, 0.717) is 5.92 Å². The summed E-state index contributed by atoms with van der Waals surface area (Å²) in [5.74, 6) is 0.597. The number of rotatable bonds is 4. The number of pyridine rings is 1. The highest BCUT2D eigenvalue weighted by atomic mass is 14.7. The van der Waals surface area contributed by atoms with Gasteiger partial charge >= 0.3 is 0 Å². The lowest BCUT2D eigenvalue weighted by Gasteiger charge is -2.11. The van der Waals surface area contributed by atoms with Crippen LogP contribution in [0.1, 0.15) is 36.1 Å². The molecule has 0 spiro atoms. The minimum absolute atomic E-state index is 0.597. The summed E-state index contributed by atoms with van der Waals surface area (Å²) in [6.45, 7) is 4.35. The van der Waals surface area contributed by atoms with Gasteiger partial charge in [-0.05, 0) is 42.9 Å². The Balaban J connectivity index is 1.92. The fourth-order valence-electron chi connectivity index (χ4n) is 1.96. The maximum Gasteiger partial charge on any atom is 0.0404 e. The van der Waals surface area contributed by atoms with Crippen molar-refractivity contribution in [3.8, 4) is 0 Å². The van der Waals surface area contributed by atoms with Crippen LogP contribution >= 0.6 is 0 Å². The van der Waals surface area contributed by atoms with E-state index in [1.54, 1.807) is 0 Å². The molecule has 0 saturated carbocycles. The molecule has 88 valence electrons. The van der Waals surface area contributed by atoms with E-state index in [-0.39, 0.29) is 0 Å². The molecule has 1 atom stereocenters. The second-order valence-corrected chi connectivity index (χ2v) is 4.68. The molecule has 0 saturated heterocycles. The summed E-state index contributed by atoms with van der Waals surface area (Å²) in [7, 11) is 0. The minimum atomic E-state index is 0.597. The summed E-state index contributed by atoms with van der Waals surface area (Å²) in [4.78, 5) is 4.44. The standard InChI is InChI=1S/C16H19N/c1-13-8-10-16(17-12-13)11-9-14(2)15-6-4-3-5-7-15/h3-8,10,12,14H,9,11H2,1-2H3. The largest absolute Gasteiger partial charge is 0.261 e. The van der Waals surface area contributed by atoms with Crippen LogP contribution in [0.2, 0.25) is 0 Å². The Bertz CT molecular complexity index is 445. The molecule has 1 heterocycles. The molecule has 17 heavy (non-hydrogen) atoms. The van der Waals surface area contributed by atoms with Crippen molar-refractivity contribution in [1.82, 2.24) is 4.98 Å². The van der Waals surface area contributed by atoms with Gasteiger partial charge in [-0.25, -0.2) is 0 Å². The summed E-state index contributed by atoms with van der Waals surface area (Å²) >= 11 is 0. The van der Waals surface area contributed by atoms with Gasteiger partial charge in [-0.15, -0.1) is 0 Å². The SMILES string of the molecule is Cc1ccc(CCC(C)c2ccccc2)nc1. The molecule has 1 aromatic carbocycles. The molecule has 1 nitrogen and oxygen atoms in total. The van der Waals surface area contributed by atoms with Crippen LogP contribution in [0.15, 0.2) is 48.7 Å². The highest BCUT2D eigenvalue weighted by molar-refractivity contribution is 5.19. The smallest absolute Gasteiger partial charge is 0.0404 e. The lowest BCUT2D eigenvalue weighted by atomic mass is 9.95. The Morgan fingerprint density at radius 1 is 1.06 bits per heavy atom. The predicted octanol–water partition coefficient (Wildman–Crippen LogP) is 4.13. The minimum Gasteiger partial charge on any atom is -0.261 e. The molecule has 1 unspecified atom stereocenters. The molecule has 0 aliphatic carbocycles. The second-order valence-electron chi connectivity index (χ2n) is 4.68. The van der Waals surface area contributed by atoms with Crippen molar-refractivity contribution in [2.24, 2.45) is 0 Å². The second kappa shape index (κ2) is 5.62. The van der Waals surface area contributed by atoms with E-state index >= 15 is 0 Å². The molecule has 0 radical (unpaired) electrons. The lowest BCUT2D eigenvalue weighted by molar-refractivity contribution is 0.670.